The molecule has 2 unspecified atom stereocenters. The number of carbonyl (C=O) groups is 1. The largest absolute Gasteiger partial charge is 0.467 e. The molecule has 0 radical (unpaired) electrons. The number of nitrogens with one attached hydrogen (secondary N) is 1. The number of methoxy groups -OCH3 is 1. The van der Waals surface area contributed by atoms with Crippen LogP contribution in [-0.2, 0) is 14.3 Å². The summed E-state index contributed by atoms with van der Waals surface area (Å²) in [6, 6.07) is 0. The quantitative estimate of drug-likeness (QED) is 0.635. The molecule has 0 saturated carbocycles. The highest BCUT2D eigenvalue weighted by atomic mass is 19.1. The SMILES string of the molecule is COC(=O)C1O[C@H](n2cc(F)c(=O)[nH]c2=O)CC1O. The normalized spacial score (nSPS) is 26.4. The summed E-state index contributed by atoms with van der Waals surface area (Å²) < 4.78 is 23.4. The summed E-state index contributed by atoms with van der Waals surface area (Å²) in [5.41, 5.74) is -2.04. The maximum atomic E-state index is 13.1. The summed E-state index contributed by atoms with van der Waals surface area (Å²) in [4.78, 5) is 35.4. The fraction of sp³-hybridized carbons (Fsp3) is 0.500. The lowest BCUT2D eigenvalue weighted by Crippen LogP contribution is -2.34. The molecule has 104 valence electrons. The molecule has 0 amide bonds. The zero-order valence-corrected chi connectivity index (χ0v) is 9.83. The number of H-pyrrole nitrogens is 1. The van der Waals surface area contributed by atoms with E-state index in [9.17, 15) is 23.9 Å². The number of rotatable bonds is 2. The van der Waals surface area contributed by atoms with Crippen LogP contribution in [0.3, 0.4) is 0 Å². The van der Waals surface area contributed by atoms with Gasteiger partial charge in [0.05, 0.1) is 19.4 Å². The molecule has 0 aromatic carbocycles. The van der Waals surface area contributed by atoms with Crippen LogP contribution in [0, 0.1) is 5.82 Å². The number of ether oxygens (including phenoxy) is 2. The van der Waals surface area contributed by atoms with Crippen LogP contribution in [0.2, 0.25) is 0 Å². The minimum atomic E-state index is -1.25. The molecule has 1 aliphatic heterocycles. The van der Waals surface area contributed by atoms with Crippen molar-refractivity contribution in [3.8, 4) is 0 Å². The molecule has 0 bridgehead atoms. The number of halogens is 1. The van der Waals surface area contributed by atoms with Gasteiger partial charge < -0.3 is 14.6 Å². The topological polar surface area (TPSA) is 111 Å². The number of aromatic nitrogens is 2. The van der Waals surface area contributed by atoms with Gasteiger partial charge in [0.15, 0.2) is 6.10 Å². The Morgan fingerprint density at radius 2 is 2.32 bits per heavy atom. The van der Waals surface area contributed by atoms with Crippen molar-refractivity contribution >= 4 is 5.97 Å². The number of nitrogens with zero attached hydrogens (tertiary/aromatic N) is 1. The lowest BCUT2D eigenvalue weighted by atomic mass is 10.2. The van der Waals surface area contributed by atoms with E-state index in [0.29, 0.717) is 6.20 Å². The van der Waals surface area contributed by atoms with Crippen LogP contribution in [0.4, 0.5) is 4.39 Å². The van der Waals surface area contributed by atoms with Gasteiger partial charge in [-0.25, -0.2) is 9.59 Å². The van der Waals surface area contributed by atoms with Crippen LogP contribution in [0.15, 0.2) is 15.8 Å². The van der Waals surface area contributed by atoms with Gasteiger partial charge in [0.1, 0.15) is 6.23 Å². The molecule has 8 nitrogen and oxygen atoms in total. The van der Waals surface area contributed by atoms with Crippen molar-refractivity contribution in [1.29, 1.82) is 0 Å². The van der Waals surface area contributed by atoms with Gasteiger partial charge in [0.25, 0.3) is 5.56 Å². The Morgan fingerprint density at radius 1 is 1.63 bits per heavy atom. The minimum Gasteiger partial charge on any atom is -0.467 e. The average Bonchev–Trinajstić information content (AvgIpc) is 2.75. The molecule has 1 aromatic rings. The lowest BCUT2D eigenvalue weighted by Gasteiger charge is -2.14. The number of carbonyl (C=O) groups excluding carboxylic acids is 1. The van der Waals surface area contributed by atoms with Crippen LogP contribution in [-0.4, -0.2) is 39.9 Å². The molecule has 2 N–H and O–H groups in total. The summed E-state index contributed by atoms with van der Waals surface area (Å²) in [5.74, 6) is -1.97. The van der Waals surface area contributed by atoms with Crippen LogP contribution in [0.25, 0.3) is 0 Å². The molecular formula is C10H11FN2O6. The fourth-order valence-electron chi connectivity index (χ4n) is 1.83. The zero-order valence-electron chi connectivity index (χ0n) is 9.83. The zero-order chi connectivity index (χ0) is 14.2. The molecule has 9 heteroatoms. The maximum absolute atomic E-state index is 13.1. The molecule has 1 fully saturated rings. The van der Waals surface area contributed by atoms with E-state index in [0.717, 1.165) is 11.7 Å². The predicted octanol–water partition coefficient (Wildman–Crippen LogP) is -1.50. The second-order valence-corrected chi connectivity index (χ2v) is 3.98. The van der Waals surface area contributed by atoms with E-state index in [4.69, 9.17) is 4.74 Å². The summed E-state index contributed by atoms with van der Waals surface area (Å²) in [5, 5.41) is 9.63. The third-order valence-electron chi connectivity index (χ3n) is 2.76. The minimum absolute atomic E-state index is 0.106. The fourth-order valence-corrected chi connectivity index (χ4v) is 1.83. The first-order valence-electron chi connectivity index (χ1n) is 5.36. The number of aliphatic hydroxyl groups excluding tert-OH is 1. The number of aromatic amines is 1. The lowest BCUT2D eigenvalue weighted by molar-refractivity contribution is -0.159. The van der Waals surface area contributed by atoms with Gasteiger partial charge in [-0.15, -0.1) is 0 Å². The van der Waals surface area contributed by atoms with Crippen LogP contribution in [0.1, 0.15) is 12.6 Å². The Bertz CT molecular complexity index is 609. The Morgan fingerprint density at radius 3 is 2.95 bits per heavy atom. The van der Waals surface area contributed by atoms with E-state index >= 15 is 0 Å². The molecule has 19 heavy (non-hydrogen) atoms. The van der Waals surface area contributed by atoms with Crippen molar-refractivity contribution in [2.24, 2.45) is 0 Å². The smallest absolute Gasteiger partial charge is 0.337 e. The van der Waals surface area contributed by atoms with E-state index < -0.39 is 41.5 Å². The summed E-state index contributed by atoms with van der Waals surface area (Å²) in [6.45, 7) is 0. The second kappa shape index (κ2) is 4.94. The van der Waals surface area contributed by atoms with E-state index in [-0.39, 0.29) is 6.42 Å². The number of esters is 1. The van der Waals surface area contributed by atoms with Crippen molar-refractivity contribution in [1.82, 2.24) is 9.55 Å². The highest BCUT2D eigenvalue weighted by molar-refractivity contribution is 5.75. The summed E-state index contributed by atoms with van der Waals surface area (Å²) >= 11 is 0. The Balaban J connectivity index is 2.30. The third-order valence-corrected chi connectivity index (χ3v) is 2.76. The van der Waals surface area contributed by atoms with Gasteiger partial charge in [-0.2, -0.15) is 4.39 Å². The van der Waals surface area contributed by atoms with E-state index in [2.05, 4.69) is 4.74 Å². The van der Waals surface area contributed by atoms with E-state index in [1.807, 2.05) is 0 Å². The standard InChI is InChI=1S/C10H11FN2O6/c1-18-9(16)7-5(14)2-6(19-7)13-3-4(11)8(15)12-10(13)17/h3,5-7,14H,2H2,1H3,(H,12,15,17)/t5?,6-,7?/m0/s1. The Kier molecular flexibility index (Phi) is 3.49. The molecule has 0 aliphatic carbocycles. The number of aliphatic hydroxyl groups is 1. The van der Waals surface area contributed by atoms with Gasteiger partial charge >= 0.3 is 11.7 Å². The highest BCUT2D eigenvalue weighted by Gasteiger charge is 2.40. The summed E-state index contributed by atoms with van der Waals surface area (Å²) in [6.07, 6.45) is -2.93. The van der Waals surface area contributed by atoms with Crippen LogP contribution >= 0.6 is 0 Å². The first-order chi connectivity index (χ1) is 8.93. The van der Waals surface area contributed by atoms with Crippen molar-refractivity contribution in [3.05, 3.63) is 32.9 Å². The monoisotopic (exact) mass is 274 g/mol. The van der Waals surface area contributed by atoms with Crippen LogP contribution < -0.4 is 11.2 Å². The number of hydrogen-bond donors (Lipinski definition) is 2. The first-order valence-corrected chi connectivity index (χ1v) is 5.36. The molecule has 0 spiro atoms. The molecule has 2 rings (SSSR count). The average molecular weight is 274 g/mol. The van der Waals surface area contributed by atoms with E-state index in [1.54, 1.807) is 4.98 Å². The van der Waals surface area contributed by atoms with Crippen molar-refractivity contribution in [3.63, 3.8) is 0 Å². The van der Waals surface area contributed by atoms with Gasteiger partial charge in [-0.05, 0) is 0 Å². The van der Waals surface area contributed by atoms with Crippen molar-refractivity contribution < 1.29 is 23.8 Å². The second-order valence-electron chi connectivity index (χ2n) is 3.98. The molecule has 1 aromatic heterocycles. The van der Waals surface area contributed by atoms with Gasteiger partial charge in [-0.1, -0.05) is 0 Å². The molecular weight excluding hydrogens is 263 g/mol. The molecule has 1 saturated heterocycles. The first kappa shape index (κ1) is 13.4. The van der Waals surface area contributed by atoms with E-state index in [1.165, 1.54) is 0 Å². The maximum Gasteiger partial charge on any atom is 0.337 e. The molecule has 1 aliphatic rings. The molecule has 3 atom stereocenters. The third kappa shape index (κ3) is 2.42. The number of hydrogen-bond acceptors (Lipinski definition) is 6. The van der Waals surface area contributed by atoms with Gasteiger partial charge in [0.2, 0.25) is 5.82 Å². The molecule has 2 heterocycles. The highest BCUT2D eigenvalue weighted by Crippen LogP contribution is 2.28. The van der Waals surface area contributed by atoms with Gasteiger partial charge in [0, 0.05) is 6.42 Å². The summed E-state index contributed by atoms with van der Waals surface area (Å²) in [7, 11) is 1.12. The predicted molar refractivity (Wildman–Crippen MR) is 57.8 cm³/mol. The Hall–Kier alpha value is -2.00. The van der Waals surface area contributed by atoms with Crippen molar-refractivity contribution in [2.45, 2.75) is 24.9 Å². The van der Waals surface area contributed by atoms with Crippen molar-refractivity contribution in [2.75, 3.05) is 7.11 Å². The van der Waals surface area contributed by atoms with Crippen LogP contribution in [0.5, 0.6) is 0 Å². The van der Waals surface area contributed by atoms with Gasteiger partial charge in [-0.3, -0.25) is 14.3 Å². The Labute approximate surface area is 105 Å².